The van der Waals surface area contributed by atoms with Gasteiger partial charge in [-0.05, 0) is 52.5 Å². The number of hydrogen-bond donors (Lipinski definition) is 2. The summed E-state index contributed by atoms with van der Waals surface area (Å²) < 4.78 is 2.67. The van der Waals surface area contributed by atoms with Crippen LogP contribution in [0.4, 0.5) is 0 Å². The highest BCUT2D eigenvalue weighted by Gasteiger charge is 2.12. The first-order valence-electron chi connectivity index (χ1n) is 9.19. The summed E-state index contributed by atoms with van der Waals surface area (Å²) in [5.41, 5.74) is 2.66. The number of hydrogen-bond acceptors (Lipinski definition) is 6. The molecule has 2 aromatic carbocycles. The van der Waals surface area contributed by atoms with E-state index in [0.717, 1.165) is 36.9 Å². The second-order valence-corrected chi connectivity index (χ2v) is 8.91. The smallest absolute Gasteiger partial charge is 0.258 e. The Hall–Kier alpha value is -2.44. The Morgan fingerprint density at radius 1 is 1.17 bits per heavy atom. The van der Waals surface area contributed by atoms with Crippen LogP contribution in [0.5, 0.6) is 0 Å². The zero-order valence-electron chi connectivity index (χ0n) is 15.9. The molecule has 2 aromatic heterocycles. The lowest BCUT2D eigenvalue weighted by Gasteiger charge is -2.10. The van der Waals surface area contributed by atoms with Gasteiger partial charge < -0.3 is 5.32 Å². The van der Waals surface area contributed by atoms with Crippen molar-refractivity contribution in [3.05, 3.63) is 69.1 Å². The zero-order chi connectivity index (χ0) is 21.1. The van der Waals surface area contributed by atoms with Gasteiger partial charge in [-0.15, -0.1) is 10.2 Å². The number of aryl methyl sites for hydroxylation is 1. The van der Waals surface area contributed by atoms with Crippen molar-refractivity contribution in [2.45, 2.75) is 19.9 Å². The molecule has 2 N–H and O–H groups in total. The molecule has 0 radical (unpaired) electrons. The lowest BCUT2D eigenvalue weighted by Crippen LogP contribution is -2.39. The third kappa shape index (κ3) is 4.50. The van der Waals surface area contributed by atoms with Gasteiger partial charge >= 0.3 is 0 Å². The predicted octanol–water partition coefficient (Wildman–Crippen LogP) is 3.82. The van der Waals surface area contributed by atoms with Gasteiger partial charge in [0, 0.05) is 22.1 Å². The van der Waals surface area contributed by atoms with E-state index in [2.05, 4.69) is 48.5 Å². The molecule has 0 aliphatic carbocycles. The summed E-state index contributed by atoms with van der Waals surface area (Å²) in [5, 5.41) is 19.9. The summed E-state index contributed by atoms with van der Waals surface area (Å²) in [6.45, 7) is 2.54. The normalized spacial score (nSPS) is 10.9. The minimum Gasteiger partial charge on any atom is -0.358 e. The van der Waals surface area contributed by atoms with Gasteiger partial charge in [-0.1, -0.05) is 54.7 Å². The fourth-order valence-electron chi connectivity index (χ4n) is 2.80. The molecule has 1 amide bonds. The molecule has 0 fully saturated rings. The fraction of sp³-hybridized carbons (Fsp3) is 0.150. The minimum atomic E-state index is -0.220. The maximum Gasteiger partial charge on any atom is 0.258 e. The van der Waals surface area contributed by atoms with Gasteiger partial charge in [-0.2, -0.15) is 9.61 Å². The van der Waals surface area contributed by atoms with Crippen LogP contribution in [0.25, 0.3) is 15.5 Å². The first kappa shape index (κ1) is 20.8. The molecule has 7 nitrogen and oxygen atoms in total. The highest BCUT2D eigenvalue weighted by Crippen LogP contribution is 2.25. The van der Waals surface area contributed by atoms with Crippen LogP contribution in [-0.4, -0.2) is 30.8 Å². The van der Waals surface area contributed by atoms with Crippen molar-refractivity contribution in [2.75, 3.05) is 0 Å². The maximum absolute atomic E-state index is 12.3. The van der Waals surface area contributed by atoms with Gasteiger partial charge in [-0.25, -0.2) is 0 Å². The number of benzene rings is 2. The van der Waals surface area contributed by atoms with Crippen LogP contribution >= 0.6 is 46.1 Å². The van der Waals surface area contributed by atoms with E-state index in [1.807, 2.05) is 49.4 Å². The van der Waals surface area contributed by atoms with Crippen molar-refractivity contribution >= 4 is 62.1 Å². The molecule has 2 heterocycles. The molecular formula is C20H17IN6OS2. The van der Waals surface area contributed by atoms with Crippen LogP contribution in [0.1, 0.15) is 28.7 Å². The van der Waals surface area contributed by atoms with Crippen LogP contribution in [0.2, 0.25) is 0 Å². The van der Waals surface area contributed by atoms with Gasteiger partial charge in [0.1, 0.15) is 5.01 Å². The van der Waals surface area contributed by atoms with Gasteiger partial charge in [-0.3, -0.25) is 10.1 Å². The second kappa shape index (κ2) is 9.14. The van der Waals surface area contributed by atoms with Gasteiger partial charge in [0.15, 0.2) is 10.9 Å². The number of rotatable bonds is 5. The monoisotopic (exact) mass is 548 g/mol. The quantitative estimate of drug-likeness (QED) is 0.292. The highest BCUT2D eigenvalue weighted by molar-refractivity contribution is 14.1. The van der Waals surface area contributed by atoms with Crippen LogP contribution in [0.15, 0.2) is 48.5 Å². The molecule has 0 atom stereocenters. The predicted molar refractivity (Wildman–Crippen MR) is 130 cm³/mol. The number of carbonyl (C=O) groups excluding carboxylic acids is 1. The Morgan fingerprint density at radius 3 is 2.67 bits per heavy atom. The van der Waals surface area contributed by atoms with E-state index >= 15 is 0 Å². The molecule has 0 unspecified atom stereocenters. The Bertz CT molecular complexity index is 1220. The Labute approximate surface area is 196 Å². The van der Waals surface area contributed by atoms with Crippen LogP contribution in [-0.2, 0) is 13.0 Å². The summed E-state index contributed by atoms with van der Waals surface area (Å²) in [4.78, 5) is 13.1. The summed E-state index contributed by atoms with van der Waals surface area (Å²) in [6, 6.07) is 15.4. The molecule has 0 aliphatic rings. The standard InChI is InChI=1S/C20H17IN6OS2/c1-2-16-24-25-20-27(16)26-18(30-20)13-9-7-12(8-10-13)11-22-19(29)23-17(28)14-5-3-4-6-15(14)21/h3-10H,2,11H2,1H3,(H2,22,23,28,29). The van der Waals surface area contributed by atoms with E-state index in [9.17, 15) is 4.79 Å². The third-order valence-corrected chi connectivity index (χ3v) is 6.51. The number of aromatic nitrogens is 4. The summed E-state index contributed by atoms with van der Waals surface area (Å²) in [7, 11) is 0. The number of thiocarbonyl (C=S) groups is 1. The Kier molecular flexibility index (Phi) is 6.35. The number of nitrogens with one attached hydrogen (secondary N) is 2. The molecule has 30 heavy (non-hydrogen) atoms. The highest BCUT2D eigenvalue weighted by atomic mass is 127. The summed E-state index contributed by atoms with van der Waals surface area (Å²) >= 11 is 8.90. The molecule has 152 valence electrons. The third-order valence-electron chi connectivity index (χ3n) is 4.37. The van der Waals surface area contributed by atoms with E-state index in [1.165, 1.54) is 11.3 Å². The molecule has 0 spiro atoms. The van der Waals surface area contributed by atoms with Crippen molar-refractivity contribution < 1.29 is 4.79 Å². The SMILES string of the molecule is CCc1nnc2sc(-c3ccc(CNC(=S)NC(=O)c4ccccc4I)cc3)nn12. The molecule has 10 heteroatoms. The second-order valence-electron chi connectivity index (χ2n) is 6.38. The zero-order valence-corrected chi connectivity index (χ0v) is 19.7. The maximum atomic E-state index is 12.3. The van der Waals surface area contributed by atoms with Crippen molar-refractivity contribution in [1.82, 2.24) is 30.4 Å². The molecule has 0 aliphatic heterocycles. The average Bonchev–Trinajstić information content (AvgIpc) is 3.33. The number of fused-ring (bicyclic) bond motifs is 1. The van der Waals surface area contributed by atoms with Gasteiger partial charge in [0.25, 0.3) is 5.91 Å². The molecular weight excluding hydrogens is 531 g/mol. The molecule has 4 aromatic rings. The molecule has 0 saturated heterocycles. The molecule has 0 saturated carbocycles. The van der Waals surface area contributed by atoms with E-state index < -0.39 is 0 Å². The number of nitrogens with zero attached hydrogens (tertiary/aromatic N) is 4. The summed E-state index contributed by atoms with van der Waals surface area (Å²) in [6.07, 6.45) is 0.787. The van der Waals surface area contributed by atoms with Crippen LogP contribution in [0.3, 0.4) is 0 Å². The van der Waals surface area contributed by atoms with Crippen LogP contribution in [0, 0.1) is 3.57 Å². The molecule has 4 rings (SSSR count). The van der Waals surface area contributed by atoms with Crippen molar-refractivity contribution in [1.29, 1.82) is 0 Å². The van der Waals surface area contributed by atoms with Gasteiger partial charge in [0.2, 0.25) is 4.96 Å². The van der Waals surface area contributed by atoms with Crippen molar-refractivity contribution in [3.63, 3.8) is 0 Å². The van der Waals surface area contributed by atoms with E-state index in [0.29, 0.717) is 17.2 Å². The van der Waals surface area contributed by atoms with E-state index in [1.54, 1.807) is 10.6 Å². The van der Waals surface area contributed by atoms with Crippen LogP contribution < -0.4 is 10.6 Å². The fourth-order valence-corrected chi connectivity index (χ4v) is 4.46. The number of amides is 1. The average molecular weight is 548 g/mol. The lowest BCUT2D eigenvalue weighted by atomic mass is 10.1. The van der Waals surface area contributed by atoms with Gasteiger partial charge in [0.05, 0.1) is 5.56 Å². The largest absolute Gasteiger partial charge is 0.358 e. The minimum absolute atomic E-state index is 0.220. The first-order valence-corrected chi connectivity index (χ1v) is 11.5. The van der Waals surface area contributed by atoms with E-state index in [-0.39, 0.29) is 5.91 Å². The Morgan fingerprint density at radius 2 is 1.93 bits per heavy atom. The van der Waals surface area contributed by atoms with Crippen molar-refractivity contribution in [3.8, 4) is 10.6 Å². The number of carbonyl (C=O) groups is 1. The topological polar surface area (TPSA) is 84.2 Å². The number of halogens is 1. The first-order chi connectivity index (χ1) is 14.5. The Balaban J connectivity index is 1.36. The van der Waals surface area contributed by atoms with Crippen molar-refractivity contribution in [2.24, 2.45) is 0 Å². The lowest BCUT2D eigenvalue weighted by molar-refractivity contribution is 0.0976. The van der Waals surface area contributed by atoms with E-state index in [4.69, 9.17) is 12.2 Å². The molecule has 0 bridgehead atoms. The summed E-state index contributed by atoms with van der Waals surface area (Å²) in [5.74, 6) is 0.636.